The molecule has 3 heteroatoms. The first-order valence-electron chi connectivity index (χ1n) is 5.88. The average molecular weight is 231 g/mol. The van der Waals surface area contributed by atoms with Crippen molar-refractivity contribution in [2.24, 2.45) is 0 Å². The minimum atomic E-state index is 0.0259. The van der Waals surface area contributed by atoms with Crippen molar-refractivity contribution in [1.29, 1.82) is 0 Å². The molecule has 0 saturated carbocycles. The maximum Gasteiger partial charge on any atom is 0.250 e. The standard InChI is InChI=1S/C14H17NO2/c1-3-6-13(16)15-10-5-8-11-7-4-9-12(17-2)14(11)15/h3-4,6-7,9H,5,8,10H2,1-2H3. The second kappa shape index (κ2) is 5.04. The second-order valence-corrected chi connectivity index (χ2v) is 4.06. The van der Waals surface area contributed by atoms with Crippen molar-refractivity contribution in [2.75, 3.05) is 18.6 Å². The third-order valence-electron chi connectivity index (χ3n) is 2.98. The van der Waals surface area contributed by atoms with Gasteiger partial charge in [0, 0.05) is 6.54 Å². The number of nitrogens with zero attached hydrogens (tertiary/aromatic N) is 1. The lowest BCUT2D eigenvalue weighted by Gasteiger charge is -2.30. The van der Waals surface area contributed by atoms with Crippen LogP contribution in [0.4, 0.5) is 5.69 Å². The maximum atomic E-state index is 12.0. The van der Waals surface area contributed by atoms with Gasteiger partial charge in [-0.25, -0.2) is 0 Å². The van der Waals surface area contributed by atoms with Gasteiger partial charge in [-0.3, -0.25) is 4.79 Å². The number of amides is 1. The maximum absolute atomic E-state index is 12.0. The van der Waals surface area contributed by atoms with Gasteiger partial charge in [0.2, 0.25) is 0 Å². The molecule has 0 N–H and O–H groups in total. The molecule has 0 fully saturated rings. The molecule has 0 aliphatic carbocycles. The van der Waals surface area contributed by atoms with E-state index in [2.05, 4.69) is 6.07 Å². The molecule has 0 unspecified atom stereocenters. The third-order valence-corrected chi connectivity index (χ3v) is 2.98. The lowest BCUT2D eigenvalue weighted by Crippen LogP contribution is -2.34. The van der Waals surface area contributed by atoms with Crippen LogP contribution in [0.25, 0.3) is 0 Å². The highest BCUT2D eigenvalue weighted by Gasteiger charge is 2.24. The van der Waals surface area contributed by atoms with Crippen molar-refractivity contribution >= 4 is 11.6 Å². The summed E-state index contributed by atoms with van der Waals surface area (Å²) in [6.45, 7) is 2.61. The van der Waals surface area contributed by atoms with E-state index in [9.17, 15) is 4.79 Å². The van der Waals surface area contributed by atoms with Crippen LogP contribution < -0.4 is 9.64 Å². The van der Waals surface area contributed by atoms with Crippen molar-refractivity contribution in [3.63, 3.8) is 0 Å². The number of aryl methyl sites for hydroxylation is 1. The molecule has 1 aromatic rings. The van der Waals surface area contributed by atoms with Gasteiger partial charge in [-0.1, -0.05) is 18.2 Å². The molecule has 1 aliphatic heterocycles. The molecule has 0 bridgehead atoms. The number of ether oxygens (including phenoxy) is 1. The summed E-state index contributed by atoms with van der Waals surface area (Å²) >= 11 is 0. The van der Waals surface area contributed by atoms with Gasteiger partial charge in [0.25, 0.3) is 5.91 Å². The normalized spacial score (nSPS) is 14.8. The summed E-state index contributed by atoms with van der Waals surface area (Å²) in [6, 6.07) is 5.94. The second-order valence-electron chi connectivity index (χ2n) is 4.06. The van der Waals surface area contributed by atoms with Gasteiger partial charge in [0.15, 0.2) is 0 Å². The fraction of sp³-hybridized carbons (Fsp3) is 0.357. The van der Waals surface area contributed by atoms with E-state index in [-0.39, 0.29) is 5.91 Å². The van der Waals surface area contributed by atoms with Gasteiger partial charge >= 0.3 is 0 Å². The van der Waals surface area contributed by atoms with Gasteiger partial charge in [0.1, 0.15) is 5.75 Å². The molecule has 1 aromatic carbocycles. The summed E-state index contributed by atoms with van der Waals surface area (Å²) in [5.74, 6) is 0.804. The first-order valence-corrected chi connectivity index (χ1v) is 5.88. The highest BCUT2D eigenvalue weighted by atomic mass is 16.5. The number of hydrogen-bond donors (Lipinski definition) is 0. The topological polar surface area (TPSA) is 29.5 Å². The van der Waals surface area contributed by atoms with E-state index >= 15 is 0 Å². The lowest BCUT2D eigenvalue weighted by atomic mass is 10.0. The number of anilines is 1. The molecule has 0 atom stereocenters. The molecule has 2 rings (SSSR count). The monoisotopic (exact) mass is 231 g/mol. The highest BCUT2D eigenvalue weighted by Crippen LogP contribution is 2.36. The predicted molar refractivity (Wildman–Crippen MR) is 68.5 cm³/mol. The van der Waals surface area contributed by atoms with E-state index < -0.39 is 0 Å². The lowest BCUT2D eigenvalue weighted by molar-refractivity contribution is -0.114. The molecule has 90 valence electrons. The van der Waals surface area contributed by atoms with Gasteiger partial charge in [0.05, 0.1) is 12.8 Å². The van der Waals surface area contributed by atoms with Gasteiger partial charge in [-0.05, 0) is 37.5 Å². The van der Waals surface area contributed by atoms with E-state index in [0.29, 0.717) is 0 Å². The van der Waals surface area contributed by atoms with Crippen LogP contribution in [0.2, 0.25) is 0 Å². The van der Waals surface area contributed by atoms with E-state index in [1.807, 2.05) is 19.1 Å². The Kier molecular flexibility index (Phi) is 3.47. The summed E-state index contributed by atoms with van der Waals surface area (Å²) in [5, 5.41) is 0. The number of fused-ring (bicyclic) bond motifs is 1. The number of hydrogen-bond acceptors (Lipinski definition) is 2. The minimum absolute atomic E-state index is 0.0259. The minimum Gasteiger partial charge on any atom is -0.495 e. The van der Waals surface area contributed by atoms with Crippen molar-refractivity contribution in [3.8, 4) is 5.75 Å². The summed E-state index contributed by atoms with van der Waals surface area (Å²) in [5.41, 5.74) is 2.12. The largest absolute Gasteiger partial charge is 0.495 e. The Balaban J connectivity index is 2.45. The van der Waals surface area contributed by atoms with Crippen LogP contribution in [0.15, 0.2) is 30.4 Å². The fourth-order valence-corrected chi connectivity index (χ4v) is 2.23. The molecule has 0 aromatic heterocycles. The van der Waals surface area contributed by atoms with Crippen molar-refractivity contribution < 1.29 is 9.53 Å². The number of benzene rings is 1. The fourth-order valence-electron chi connectivity index (χ4n) is 2.23. The molecular formula is C14H17NO2. The third kappa shape index (κ3) is 2.18. The van der Waals surface area contributed by atoms with E-state index in [4.69, 9.17) is 4.74 Å². The SMILES string of the molecule is CC=CC(=O)N1CCCc2cccc(OC)c21. The Labute approximate surface area is 102 Å². The average Bonchev–Trinajstić information content (AvgIpc) is 2.37. The summed E-state index contributed by atoms with van der Waals surface area (Å²) < 4.78 is 5.35. The molecule has 17 heavy (non-hydrogen) atoms. The van der Waals surface area contributed by atoms with E-state index in [0.717, 1.165) is 30.8 Å². The van der Waals surface area contributed by atoms with E-state index in [1.165, 1.54) is 5.56 Å². The molecule has 1 amide bonds. The van der Waals surface area contributed by atoms with Crippen LogP contribution in [0.5, 0.6) is 5.75 Å². The first kappa shape index (κ1) is 11.7. The van der Waals surface area contributed by atoms with Crippen molar-refractivity contribution in [2.45, 2.75) is 19.8 Å². The van der Waals surface area contributed by atoms with E-state index in [1.54, 1.807) is 24.2 Å². The molecule has 0 saturated heterocycles. The van der Waals surface area contributed by atoms with Crippen LogP contribution in [0.1, 0.15) is 18.9 Å². The molecule has 0 radical (unpaired) electrons. The number of allylic oxidation sites excluding steroid dienone is 1. The van der Waals surface area contributed by atoms with Crippen LogP contribution in [-0.4, -0.2) is 19.6 Å². The Hall–Kier alpha value is -1.77. The summed E-state index contributed by atoms with van der Waals surface area (Å²) in [6.07, 6.45) is 5.38. The number of rotatable bonds is 2. The first-order chi connectivity index (χ1) is 8.27. The molecular weight excluding hydrogens is 214 g/mol. The Morgan fingerprint density at radius 3 is 3.00 bits per heavy atom. The van der Waals surface area contributed by atoms with Gasteiger partial charge < -0.3 is 9.64 Å². The smallest absolute Gasteiger partial charge is 0.250 e. The summed E-state index contributed by atoms with van der Waals surface area (Å²) in [4.78, 5) is 13.8. The number of carbonyl (C=O) groups is 1. The van der Waals surface area contributed by atoms with Crippen LogP contribution in [0.3, 0.4) is 0 Å². The Morgan fingerprint density at radius 1 is 1.47 bits per heavy atom. The number of methoxy groups -OCH3 is 1. The number of carbonyl (C=O) groups excluding carboxylic acids is 1. The zero-order valence-electron chi connectivity index (χ0n) is 10.3. The Morgan fingerprint density at radius 2 is 2.29 bits per heavy atom. The van der Waals surface area contributed by atoms with Gasteiger partial charge in [-0.2, -0.15) is 0 Å². The quantitative estimate of drug-likeness (QED) is 0.732. The molecule has 1 heterocycles. The molecule has 1 aliphatic rings. The van der Waals surface area contributed by atoms with Crippen molar-refractivity contribution in [1.82, 2.24) is 0 Å². The zero-order valence-corrected chi connectivity index (χ0v) is 10.3. The van der Waals surface area contributed by atoms with Crippen molar-refractivity contribution in [3.05, 3.63) is 35.9 Å². The predicted octanol–water partition coefficient (Wildman–Crippen LogP) is 2.55. The molecule has 3 nitrogen and oxygen atoms in total. The van der Waals surface area contributed by atoms with Gasteiger partial charge in [-0.15, -0.1) is 0 Å². The Bertz CT molecular complexity index is 437. The zero-order chi connectivity index (χ0) is 12.3. The molecule has 0 spiro atoms. The number of para-hydroxylation sites is 1. The van der Waals surface area contributed by atoms with Crippen LogP contribution in [-0.2, 0) is 11.2 Å². The summed E-state index contributed by atoms with van der Waals surface area (Å²) in [7, 11) is 1.64. The van der Waals surface area contributed by atoms with Crippen LogP contribution in [0, 0.1) is 0 Å². The van der Waals surface area contributed by atoms with Crippen LogP contribution >= 0.6 is 0 Å². The highest BCUT2D eigenvalue weighted by molar-refractivity contribution is 6.03.